The molecule has 0 amide bonds. The third-order valence-corrected chi connectivity index (χ3v) is 6.01. The zero-order valence-electron chi connectivity index (χ0n) is 14.0. The van der Waals surface area contributed by atoms with Gasteiger partial charge in [-0.2, -0.15) is 5.10 Å². The normalized spacial score (nSPS) is 33.5. The maximum absolute atomic E-state index is 4.46. The maximum atomic E-state index is 4.46. The van der Waals surface area contributed by atoms with Crippen molar-refractivity contribution in [2.45, 2.75) is 32.4 Å². The van der Waals surface area contributed by atoms with Crippen molar-refractivity contribution in [2.75, 3.05) is 45.8 Å². The molecule has 0 aromatic carbocycles. The van der Waals surface area contributed by atoms with Crippen LogP contribution in [0.5, 0.6) is 0 Å². The Morgan fingerprint density at radius 1 is 1.09 bits per heavy atom. The Hall–Kier alpha value is -0.910. The van der Waals surface area contributed by atoms with E-state index in [-0.39, 0.29) is 0 Å². The molecule has 4 aliphatic heterocycles. The van der Waals surface area contributed by atoms with Crippen LogP contribution in [-0.4, -0.2) is 76.3 Å². The van der Waals surface area contributed by atoms with Gasteiger partial charge in [-0.05, 0) is 38.8 Å². The van der Waals surface area contributed by atoms with Crippen molar-refractivity contribution in [1.29, 1.82) is 0 Å². The molecule has 1 aromatic rings. The van der Waals surface area contributed by atoms with Gasteiger partial charge >= 0.3 is 0 Å². The van der Waals surface area contributed by atoms with Crippen molar-refractivity contribution in [3.63, 3.8) is 0 Å². The summed E-state index contributed by atoms with van der Waals surface area (Å²) in [6.07, 6.45) is 5.04. The van der Waals surface area contributed by atoms with E-state index in [4.69, 9.17) is 0 Å². The predicted molar refractivity (Wildman–Crippen MR) is 87.7 cm³/mol. The van der Waals surface area contributed by atoms with Crippen LogP contribution in [0.3, 0.4) is 0 Å². The average Bonchev–Trinajstić information content (AvgIpc) is 2.87. The topological polar surface area (TPSA) is 27.5 Å². The molecule has 1 aromatic heterocycles. The highest BCUT2D eigenvalue weighted by Crippen LogP contribution is 2.31. The summed E-state index contributed by atoms with van der Waals surface area (Å²) in [6.45, 7) is 12.1. The zero-order valence-corrected chi connectivity index (χ0v) is 14.0. The monoisotopic (exact) mass is 303 g/mol. The molecule has 4 aliphatic rings. The van der Waals surface area contributed by atoms with Crippen LogP contribution in [0, 0.1) is 12.8 Å². The summed E-state index contributed by atoms with van der Waals surface area (Å²) in [7, 11) is 2.02. The van der Waals surface area contributed by atoms with Gasteiger partial charge in [0.15, 0.2) is 0 Å². The minimum Gasteiger partial charge on any atom is -0.302 e. The summed E-state index contributed by atoms with van der Waals surface area (Å²) in [5.74, 6) is 0.970. The Labute approximate surface area is 133 Å². The van der Waals surface area contributed by atoms with Crippen molar-refractivity contribution >= 4 is 0 Å². The maximum Gasteiger partial charge on any atom is 0.0638 e. The molecular weight excluding hydrogens is 274 g/mol. The van der Waals surface area contributed by atoms with E-state index in [1.54, 1.807) is 0 Å². The van der Waals surface area contributed by atoms with Crippen molar-refractivity contribution < 1.29 is 0 Å². The molecule has 122 valence electrons. The van der Waals surface area contributed by atoms with Crippen LogP contribution >= 0.6 is 0 Å². The molecule has 2 bridgehead atoms. The minimum atomic E-state index is 0.838. The molecule has 0 radical (unpaired) electrons. The lowest BCUT2D eigenvalue weighted by Crippen LogP contribution is -2.60. The summed E-state index contributed by atoms with van der Waals surface area (Å²) in [5, 5.41) is 4.46. The Balaban J connectivity index is 1.32. The van der Waals surface area contributed by atoms with Gasteiger partial charge in [0.2, 0.25) is 0 Å². The fourth-order valence-electron chi connectivity index (χ4n) is 4.65. The second kappa shape index (κ2) is 5.95. The van der Waals surface area contributed by atoms with Crippen molar-refractivity contribution in [1.82, 2.24) is 24.5 Å². The van der Waals surface area contributed by atoms with Crippen LogP contribution < -0.4 is 0 Å². The van der Waals surface area contributed by atoms with Crippen LogP contribution in [0.2, 0.25) is 0 Å². The molecule has 4 saturated heterocycles. The quantitative estimate of drug-likeness (QED) is 0.831. The smallest absolute Gasteiger partial charge is 0.0638 e. The summed E-state index contributed by atoms with van der Waals surface area (Å²) in [6, 6.07) is 0.838. The first-order valence-electron chi connectivity index (χ1n) is 8.87. The SMILES string of the molecule is Cc1nn(C)cc1CN1CCN([C@H]2CN3CCC2CC3)CC1. The molecule has 5 heteroatoms. The molecule has 4 fully saturated rings. The second-order valence-corrected chi connectivity index (χ2v) is 7.43. The van der Waals surface area contributed by atoms with Gasteiger partial charge in [-0.3, -0.25) is 14.5 Å². The number of hydrogen-bond donors (Lipinski definition) is 0. The Morgan fingerprint density at radius 2 is 1.82 bits per heavy atom. The lowest BCUT2D eigenvalue weighted by atomic mass is 9.83. The zero-order chi connectivity index (χ0) is 15.1. The first-order chi connectivity index (χ1) is 10.7. The molecule has 0 aliphatic carbocycles. The Bertz CT molecular complexity index is 509. The number of fused-ring (bicyclic) bond motifs is 3. The van der Waals surface area contributed by atoms with E-state index >= 15 is 0 Å². The second-order valence-electron chi connectivity index (χ2n) is 7.43. The van der Waals surface area contributed by atoms with Crippen LogP contribution in [-0.2, 0) is 13.6 Å². The van der Waals surface area contributed by atoms with E-state index in [2.05, 4.69) is 32.9 Å². The van der Waals surface area contributed by atoms with Gasteiger partial charge in [-0.25, -0.2) is 0 Å². The minimum absolute atomic E-state index is 0.838. The highest BCUT2D eigenvalue weighted by molar-refractivity contribution is 5.15. The molecule has 0 spiro atoms. The molecule has 1 atom stereocenters. The molecule has 0 unspecified atom stereocenters. The van der Waals surface area contributed by atoms with Gasteiger partial charge in [-0.15, -0.1) is 0 Å². The summed E-state index contributed by atoms with van der Waals surface area (Å²) >= 11 is 0. The summed E-state index contributed by atoms with van der Waals surface area (Å²) in [4.78, 5) is 8.06. The van der Waals surface area contributed by atoms with Gasteiger partial charge < -0.3 is 4.90 Å². The summed E-state index contributed by atoms with van der Waals surface area (Å²) < 4.78 is 1.94. The van der Waals surface area contributed by atoms with E-state index in [1.807, 2.05) is 11.7 Å². The summed E-state index contributed by atoms with van der Waals surface area (Å²) in [5.41, 5.74) is 2.57. The molecule has 0 N–H and O–H groups in total. The molecule has 5 rings (SSSR count). The van der Waals surface area contributed by atoms with Gasteiger partial charge in [0.05, 0.1) is 5.69 Å². The molecular formula is C17H29N5. The van der Waals surface area contributed by atoms with Gasteiger partial charge in [0, 0.05) is 64.1 Å². The standard InChI is InChI=1S/C17H29N5/c1-14-16(11-19(2)18-14)12-21-7-9-22(10-8-21)17-13-20-5-3-15(17)4-6-20/h11,15,17H,3-10,12-13H2,1-2H3/t17-/m0/s1. The molecule has 5 heterocycles. The highest BCUT2D eigenvalue weighted by atomic mass is 15.3. The van der Waals surface area contributed by atoms with Crippen LogP contribution in [0.4, 0.5) is 0 Å². The van der Waals surface area contributed by atoms with E-state index < -0.39 is 0 Å². The number of piperidine rings is 3. The Morgan fingerprint density at radius 3 is 2.36 bits per heavy atom. The lowest BCUT2D eigenvalue weighted by Gasteiger charge is -2.51. The first-order valence-corrected chi connectivity index (χ1v) is 8.87. The van der Waals surface area contributed by atoms with Crippen LogP contribution in [0.15, 0.2) is 6.20 Å². The fraction of sp³-hybridized carbons (Fsp3) is 0.824. The first kappa shape index (κ1) is 14.7. The molecule has 22 heavy (non-hydrogen) atoms. The van der Waals surface area contributed by atoms with Gasteiger partial charge in [0.1, 0.15) is 0 Å². The van der Waals surface area contributed by atoms with Gasteiger partial charge in [0.25, 0.3) is 0 Å². The Kier molecular flexibility index (Phi) is 3.96. The largest absolute Gasteiger partial charge is 0.302 e. The fourth-order valence-corrected chi connectivity index (χ4v) is 4.65. The number of hydrogen-bond acceptors (Lipinski definition) is 4. The van der Waals surface area contributed by atoms with Crippen LogP contribution in [0.25, 0.3) is 0 Å². The van der Waals surface area contributed by atoms with Crippen molar-refractivity contribution in [3.05, 3.63) is 17.5 Å². The third-order valence-electron chi connectivity index (χ3n) is 6.01. The average molecular weight is 303 g/mol. The van der Waals surface area contributed by atoms with E-state index in [1.165, 1.54) is 69.9 Å². The van der Waals surface area contributed by atoms with E-state index in [9.17, 15) is 0 Å². The number of piperazine rings is 1. The van der Waals surface area contributed by atoms with E-state index in [0.717, 1.165) is 18.5 Å². The molecule has 0 saturated carbocycles. The highest BCUT2D eigenvalue weighted by Gasteiger charge is 2.38. The lowest BCUT2D eigenvalue weighted by molar-refractivity contribution is -0.0162. The van der Waals surface area contributed by atoms with Crippen molar-refractivity contribution in [3.8, 4) is 0 Å². The molecule has 5 nitrogen and oxygen atoms in total. The third kappa shape index (κ3) is 2.82. The van der Waals surface area contributed by atoms with Crippen molar-refractivity contribution in [2.24, 2.45) is 13.0 Å². The van der Waals surface area contributed by atoms with Crippen LogP contribution in [0.1, 0.15) is 24.1 Å². The number of aryl methyl sites for hydroxylation is 2. The van der Waals surface area contributed by atoms with E-state index in [0.29, 0.717) is 0 Å². The predicted octanol–water partition coefficient (Wildman–Crippen LogP) is 0.940. The number of rotatable bonds is 3. The number of aromatic nitrogens is 2. The number of nitrogens with zero attached hydrogens (tertiary/aromatic N) is 5. The van der Waals surface area contributed by atoms with Gasteiger partial charge in [-0.1, -0.05) is 0 Å².